The Morgan fingerprint density at radius 3 is 2.48 bits per heavy atom. The van der Waals surface area contributed by atoms with Gasteiger partial charge >= 0.3 is 5.97 Å². The lowest BCUT2D eigenvalue weighted by Crippen LogP contribution is -2.54. The highest BCUT2D eigenvalue weighted by molar-refractivity contribution is 6.29. The van der Waals surface area contributed by atoms with Crippen molar-refractivity contribution in [2.45, 2.75) is 19.2 Å². The van der Waals surface area contributed by atoms with Crippen LogP contribution >= 0.6 is 23.2 Å². The predicted octanol–water partition coefficient (Wildman–Crippen LogP) is 2.30. The summed E-state index contributed by atoms with van der Waals surface area (Å²) in [5, 5.41) is 4.10. The Kier molecular flexibility index (Phi) is 6.20. The third-order valence-electron chi connectivity index (χ3n) is 3.97. The van der Waals surface area contributed by atoms with Crippen molar-refractivity contribution in [1.29, 1.82) is 0 Å². The van der Waals surface area contributed by atoms with Crippen LogP contribution in [0, 0.1) is 0 Å². The SMILES string of the molecule is O=C(OCc1ccc(Cl)nc1)[C@@H]1CNCCN1Cc1ccc(Cl)nc1. The number of carbonyl (C=O) groups excluding carboxylic acids is 1. The molecule has 0 bridgehead atoms. The summed E-state index contributed by atoms with van der Waals surface area (Å²) in [5.41, 5.74) is 1.81. The monoisotopic (exact) mass is 380 g/mol. The molecule has 3 heterocycles. The number of aromatic nitrogens is 2. The van der Waals surface area contributed by atoms with Crippen LogP contribution in [0.25, 0.3) is 0 Å². The second kappa shape index (κ2) is 8.58. The Bertz CT molecular complexity index is 710. The van der Waals surface area contributed by atoms with E-state index in [1.165, 1.54) is 0 Å². The molecular weight excluding hydrogens is 363 g/mol. The lowest BCUT2D eigenvalue weighted by atomic mass is 10.1. The van der Waals surface area contributed by atoms with Gasteiger partial charge in [0.05, 0.1) is 0 Å². The fraction of sp³-hybridized carbons (Fsp3) is 0.353. The molecule has 0 aromatic carbocycles. The minimum absolute atomic E-state index is 0.176. The van der Waals surface area contributed by atoms with Gasteiger partial charge in [0.2, 0.25) is 0 Å². The number of nitrogens with zero attached hydrogens (tertiary/aromatic N) is 3. The van der Waals surface area contributed by atoms with E-state index in [-0.39, 0.29) is 18.6 Å². The number of hydrogen-bond donors (Lipinski definition) is 1. The van der Waals surface area contributed by atoms with Crippen molar-refractivity contribution in [2.24, 2.45) is 0 Å². The Labute approximate surface area is 156 Å². The Morgan fingerprint density at radius 2 is 1.84 bits per heavy atom. The fourth-order valence-corrected chi connectivity index (χ4v) is 2.87. The fourth-order valence-electron chi connectivity index (χ4n) is 2.65. The maximum Gasteiger partial charge on any atom is 0.325 e. The number of halogens is 2. The number of nitrogens with one attached hydrogen (secondary N) is 1. The largest absolute Gasteiger partial charge is 0.460 e. The molecule has 0 aliphatic carbocycles. The van der Waals surface area contributed by atoms with Gasteiger partial charge < -0.3 is 10.1 Å². The quantitative estimate of drug-likeness (QED) is 0.633. The van der Waals surface area contributed by atoms with E-state index in [0.717, 1.165) is 24.2 Å². The van der Waals surface area contributed by atoms with Crippen molar-refractivity contribution in [3.63, 3.8) is 0 Å². The molecule has 1 saturated heterocycles. The molecule has 0 radical (unpaired) electrons. The van der Waals surface area contributed by atoms with E-state index in [1.807, 2.05) is 6.07 Å². The molecule has 0 saturated carbocycles. The highest BCUT2D eigenvalue weighted by Gasteiger charge is 2.30. The summed E-state index contributed by atoms with van der Waals surface area (Å²) < 4.78 is 5.45. The van der Waals surface area contributed by atoms with E-state index in [4.69, 9.17) is 27.9 Å². The van der Waals surface area contributed by atoms with Gasteiger partial charge in [0.1, 0.15) is 23.0 Å². The Hall–Kier alpha value is -1.73. The molecule has 8 heteroatoms. The maximum absolute atomic E-state index is 12.5. The van der Waals surface area contributed by atoms with Crippen molar-refractivity contribution in [1.82, 2.24) is 20.2 Å². The highest BCUT2D eigenvalue weighted by atomic mass is 35.5. The topological polar surface area (TPSA) is 67.3 Å². The van der Waals surface area contributed by atoms with Crippen LogP contribution < -0.4 is 5.32 Å². The molecule has 1 fully saturated rings. The van der Waals surface area contributed by atoms with Crippen molar-refractivity contribution in [2.75, 3.05) is 19.6 Å². The zero-order valence-electron chi connectivity index (χ0n) is 13.5. The minimum Gasteiger partial charge on any atom is -0.460 e. The van der Waals surface area contributed by atoms with E-state index in [1.54, 1.807) is 30.6 Å². The summed E-state index contributed by atoms with van der Waals surface area (Å²) in [6.07, 6.45) is 3.33. The van der Waals surface area contributed by atoms with Crippen LogP contribution in [0.3, 0.4) is 0 Å². The predicted molar refractivity (Wildman–Crippen MR) is 95.4 cm³/mol. The van der Waals surface area contributed by atoms with E-state index in [0.29, 0.717) is 23.4 Å². The third kappa shape index (κ3) is 5.12. The number of ether oxygens (including phenoxy) is 1. The van der Waals surface area contributed by atoms with Gasteiger partial charge in [0.15, 0.2) is 0 Å². The van der Waals surface area contributed by atoms with Gasteiger partial charge in [-0.15, -0.1) is 0 Å². The lowest BCUT2D eigenvalue weighted by Gasteiger charge is -2.34. The van der Waals surface area contributed by atoms with E-state index in [2.05, 4.69) is 20.2 Å². The molecule has 0 amide bonds. The summed E-state index contributed by atoms with van der Waals surface area (Å²) >= 11 is 11.6. The summed E-state index contributed by atoms with van der Waals surface area (Å²) in [4.78, 5) is 22.7. The van der Waals surface area contributed by atoms with Crippen LogP contribution in [-0.2, 0) is 22.7 Å². The molecule has 1 aliphatic heterocycles. The Morgan fingerprint density at radius 1 is 1.16 bits per heavy atom. The zero-order chi connectivity index (χ0) is 17.6. The summed E-state index contributed by atoms with van der Waals surface area (Å²) in [7, 11) is 0. The van der Waals surface area contributed by atoms with Crippen LogP contribution in [0.5, 0.6) is 0 Å². The summed E-state index contributed by atoms with van der Waals surface area (Å²) in [6, 6.07) is 6.79. The molecule has 3 rings (SSSR count). The molecule has 25 heavy (non-hydrogen) atoms. The molecule has 0 spiro atoms. The molecule has 1 aliphatic rings. The molecular formula is C17H18Cl2N4O2. The first kappa shape index (κ1) is 18.1. The molecule has 6 nitrogen and oxygen atoms in total. The van der Waals surface area contributed by atoms with Crippen molar-refractivity contribution >= 4 is 29.2 Å². The van der Waals surface area contributed by atoms with Crippen molar-refractivity contribution < 1.29 is 9.53 Å². The molecule has 0 unspecified atom stereocenters. The normalized spacial score (nSPS) is 18.1. The molecule has 1 atom stereocenters. The van der Waals surface area contributed by atoms with Gasteiger partial charge in [0, 0.05) is 44.1 Å². The van der Waals surface area contributed by atoms with Crippen LogP contribution in [0.15, 0.2) is 36.7 Å². The first-order valence-electron chi connectivity index (χ1n) is 7.94. The van der Waals surface area contributed by atoms with Gasteiger partial charge in [-0.25, -0.2) is 9.97 Å². The van der Waals surface area contributed by atoms with Gasteiger partial charge in [0.25, 0.3) is 0 Å². The highest BCUT2D eigenvalue weighted by Crippen LogP contribution is 2.14. The second-order valence-corrected chi connectivity index (χ2v) is 6.55. The second-order valence-electron chi connectivity index (χ2n) is 5.78. The minimum atomic E-state index is -0.343. The van der Waals surface area contributed by atoms with Gasteiger partial charge in [-0.05, 0) is 17.7 Å². The van der Waals surface area contributed by atoms with Crippen LogP contribution in [-0.4, -0.2) is 46.5 Å². The van der Waals surface area contributed by atoms with Crippen LogP contribution in [0.2, 0.25) is 10.3 Å². The maximum atomic E-state index is 12.5. The number of piperazine rings is 1. The first-order chi connectivity index (χ1) is 12.1. The van der Waals surface area contributed by atoms with Crippen LogP contribution in [0.4, 0.5) is 0 Å². The first-order valence-corrected chi connectivity index (χ1v) is 8.69. The van der Waals surface area contributed by atoms with Gasteiger partial charge in [-0.1, -0.05) is 35.3 Å². The van der Waals surface area contributed by atoms with Crippen molar-refractivity contribution in [3.05, 3.63) is 58.1 Å². The van der Waals surface area contributed by atoms with Gasteiger partial charge in [-0.3, -0.25) is 9.69 Å². The van der Waals surface area contributed by atoms with Gasteiger partial charge in [-0.2, -0.15) is 0 Å². The van der Waals surface area contributed by atoms with Crippen molar-refractivity contribution in [3.8, 4) is 0 Å². The van der Waals surface area contributed by atoms with Crippen LogP contribution in [0.1, 0.15) is 11.1 Å². The standard InChI is InChI=1S/C17H18Cl2N4O2/c18-15-3-1-12(7-21-15)10-23-6-5-20-9-14(23)17(24)25-11-13-2-4-16(19)22-8-13/h1-4,7-8,14,20H,5-6,9-11H2/t14-/m0/s1. The molecule has 132 valence electrons. The number of pyridine rings is 2. The summed E-state index contributed by atoms with van der Waals surface area (Å²) in [6.45, 7) is 2.93. The lowest BCUT2D eigenvalue weighted by molar-refractivity contribution is -0.152. The Balaban J connectivity index is 1.60. The van der Waals surface area contributed by atoms with E-state index >= 15 is 0 Å². The number of rotatable bonds is 5. The number of carbonyl (C=O) groups is 1. The number of hydrogen-bond acceptors (Lipinski definition) is 6. The van der Waals surface area contributed by atoms with E-state index in [9.17, 15) is 4.79 Å². The average molecular weight is 381 g/mol. The average Bonchev–Trinajstić information content (AvgIpc) is 2.63. The zero-order valence-corrected chi connectivity index (χ0v) is 15.0. The molecule has 2 aromatic heterocycles. The molecule has 1 N–H and O–H groups in total. The molecule has 2 aromatic rings. The third-order valence-corrected chi connectivity index (χ3v) is 4.42. The summed E-state index contributed by atoms with van der Waals surface area (Å²) in [5.74, 6) is -0.260. The smallest absolute Gasteiger partial charge is 0.325 e. The van der Waals surface area contributed by atoms with E-state index < -0.39 is 0 Å². The number of esters is 1.